The van der Waals surface area contributed by atoms with Crippen molar-refractivity contribution in [3.05, 3.63) is 57.1 Å². The van der Waals surface area contributed by atoms with Gasteiger partial charge < -0.3 is 14.5 Å². The first-order valence-electron chi connectivity index (χ1n) is 12.7. The first-order valence-corrected chi connectivity index (χ1v) is 10.7. The van der Waals surface area contributed by atoms with Crippen LogP contribution in [0.1, 0.15) is 65.9 Å². The number of aliphatic hydroxyl groups is 1. The minimum atomic E-state index is -2.63. The molecule has 0 radical (unpaired) electrons. The molecule has 2 aliphatic heterocycles. The highest BCUT2D eigenvalue weighted by atomic mass is 19.1. The van der Waals surface area contributed by atoms with Gasteiger partial charge in [0.1, 0.15) is 17.7 Å². The van der Waals surface area contributed by atoms with E-state index in [1.807, 2.05) is 0 Å². The summed E-state index contributed by atoms with van der Waals surface area (Å²) in [6.45, 7) is -0.372. The maximum absolute atomic E-state index is 13.4. The minimum absolute atomic E-state index is 0.101. The number of piperidine rings is 1. The summed E-state index contributed by atoms with van der Waals surface area (Å²) >= 11 is 0. The molecule has 8 heteroatoms. The molecular formula is C23H27FN4O3. The van der Waals surface area contributed by atoms with E-state index < -0.39 is 18.5 Å². The maximum atomic E-state index is 13.4. The molecule has 5 rings (SSSR count). The van der Waals surface area contributed by atoms with Gasteiger partial charge in [-0.15, -0.1) is 0 Å². The number of aryl methyl sites for hydroxylation is 1. The Balaban J connectivity index is 1.32. The fraction of sp³-hybridized carbons (Fsp3) is 0.522. The minimum Gasteiger partial charge on any atom is -0.385 e. The monoisotopic (exact) mass is 430 g/mol. The number of benzene rings is 1. The third kappa shape index (κ3) is 3.78. The number of aromatic nitrogens is 3. The molecule has 164 valence electrons. The summed E-state index contributed by atoms with van der Waals surface area (Å²) in [5.41, 5.74) is 0.572. The van der Waals surface area contributed by atoms with Crippen molar-refractivity contribution in [2.24, 2.45) is 0 Å². The van der Waals surface area contributed by atoms with Crippen molar-refractivity contribution in [3.8, 4) is 0 Å². The zero-order valence-corrected chi connectivity index (χ0v) is 17.1. The second-order valence-electron chi connectivity index (χ2n) is 8.34. The highest BCUT2D eigenvalue weighted by molar-refractivity contribution is 5.79. The summed E-state index contributed by atoms with van der Waals surface area (Å²) in [6.07, 6.45) is 0.292. The summed E-state index contributed by atoms with van der Waals surface area (Å²) in [4.78, 5) is 19.5. The van der Waals surface area contributed by atoms with Gasteiger partial charge in [0.25, 0.3) is 5.56 Å². The molecule has 1 saturated heterocycles. The van der Waals surface area contributed by atoms with Crippen LogP contribution in [0.25, 0.3) is 11.0 Å². The number of hydrogen-bond donors (Lipinski definition) is 1. The Labute approximate surface area is 185 Å². The van der Waals surface area contributed by atoms with Crippen LogP contribution in [-0.4, -0.2) is 44.3 Å². The first kappa shape index (κ1) is 16.1. The summed E-state index contributed by atoms with van der Waals surface area (Å²) in [7, 11) is 0. The van der Waals surface area contributed by atoms with Crippen LogP contribution >= 0.6 is 0 Å². The Morgan fingerprint density at radius 3 is 2.97 bits per heavy atom. The predicted octanol–water partition coefficient (Wildman–Crippen LogP) is 3.08. The quantitative estimate of drug-likeness (QED) is 0.685. The molecule has 3 aromatic rings. The van der Waals surface area contributed by atoms with Crippen LogP contribution < -0.4 is 5.56 Å². The van der Waals surface area contributed by atoms with Gasteiger partial charge in [-0.1, -0.05) is 5.16 Å². The van der Waals surface area contributed by atoms with Crippen LogP contribution in [0.3, 0.4) is 0 Å². The predicted molar refractivity (Wildman–Crippen MR) is 114 cm³/mol. The zero-order valence-electron chi connectivity index (χ0n) is 21.1. The van der Waals surface area contributed by atoms with Crippen molar-refractivity contribution in [3.63, 3.8) is 0 Å². The fourth-order valence-corrected chi connectivity index (χ4v) is 4.69. The van der Waals surface area contributed by atoms with Gasteiger partial charge in [-0.3, -0.25) is 9.36 Å². The Morgan fingerprint density at radius 2 is 2.16 bits per heavy atom. The van der Waals surface area contributed by atoms with Gasteiger partial charge in [0.15, 0.2) is 5.58 Å². The van der Waals surface area contributed by atoms with E-state index in [2.05, 4.69) is 15.0 Å². The molecule has 0 saturated carbocycles. The molecule has 1 N–H and O–H groups in total. The normalized spacial score (nSPS) is 25.0. The summed E-state index contributed by atoms with van der Waals surface area (Å²) in [5.74, 6) is -0.391. The Kier molecular flexibility index (Phi) is 4.24. The van der Waals surface area contributed by atoms with Crippen molar-refractivity contribution in [2.45, 2.75) is 57.5 Å². The lowest BCUT2D eigenvalue weighted by atomic mass is 9.91. The maximum Gasteiger partial charge on any atom is 0.257 e. The lowest BCUT2D eigenvalue weighted by Crippen LogP contribution is -2.37. The van der Waals surface area contributed by atoms with E-state index in [4.69, 9.17) is 10.0 Å². The molecule has 0 aliphatic carbocycles. The van der Waals surface area contributed by atoms with E-state index in [1.165, 1.54) is 16.7 Å². The van der Waals surface area contributed by atoms with Gasteiger partial charge in [0, 0.05) is 45.8 Å². The lowest BCUT2D eigenvalue weighted by molar-refractivity contribution is 0.129. The van der Waals surface area contributed by atoms with Gasteiger partial charge in [0.2, 0.25) is 0 Å². The third-order valence-electron chi connectivity index (χ3n) is 6.43. The molecule has 1 unspecified atom stereocenters. The standard InChI is InChI=1S/C23H27FN4O3/c1-14-17(23(30)28-9-2-3-19(29)22(28)25-14)8-12-27-10-6-15(7-11-27)21-18-5-4-16(24)13-20(18)31-26-21/h4-5,13,15,19,29H,2-3,6-12H2,1H3/i1D3,19D. The van der Waals surface area contributed by atoms with Crippen molar-refractivity contribution >= 4 is 11.0 Å². The number of nitrogens with zero attached hydrogens (tertiary/aromatic N) is 4. The van der Waals surface area contributed by atoms with Crippen LogP contribution in [0, 0.1) is 12.7 Å². The average Bonchev–Trinajstić information content (AvgIpc) is 3.21. The third-order valence-corrected chi connectivity index (χ3v) is 6.43. The number of halogens is 1. The molecule has 4 heterocycles. The van der Waals surface area contributed by atoms with Crippen LogP contribution in [0.4, 0.5) is 4.39 Å². The molecule has 0 bridgehead atoms. The molecule has 7 nitrogen and oxygen atoms in total. The summed E-state index contributed by atoms with van der Waals surface area (Å²) in [6, 6.07) is 4.41. The second kappa shape index (κ2) is 8.16. The Hall–Kier alpha value is -2.58. The lowest BCUT2D eigenvalue weighted by Gasteiger charge is -2.31. The molecule has 2 aliphatic rings. The van der Waals surface area contributed by atoms with Crippen LogP contribution in [0.2, 0.25) is 0 Å². The molecule has 1 fully saturated rings. The fourth-order valence-electron chi connectivity index (χ4n) is 4.69. The van der Waals surface area contributed by atoms with Crippen LogP contribution in [-0.2, 0) is 13.0 Å². The second-order valence-corrected chi connectivity index (χ2v) is 8.34. The Bertz CT molecular complexity index is 1310. The van der Waals surface area contributed by atoms with Crippen molar-refractivity contribution in [1.29, 1.82) is 0 Å². The molecule has 0 spiro atoms. The SMILES string of the molecule is [2H]C([2H])([2H])c1nc2n(c(=O)c1CCN1CCC(c3noc4cc(F)ccc34)CC1)CCCC2([2H])O. The van der Waals surface area contributed by atoms with Gasteiger partial charge >= 0.3 is 0 Å². The van der Waals surface area contributed by atoms with Crippen LogP contribution in [0.15, 0.2) is 27.5 Å². The highest BCUT2D eigenvalue weighted by Crippen LogP contribution is 2.32. The first-order chi connectivity index (χ1) is 16.5. The average molecular weight is 431 g/mol. The number of fused-ring (bicyclic) bond motifs is 2. The molecule has 0 amide bonds. The molecule has 31 heavy (non-hydrogen) atoms. The summed E-state index contributed by atoms with van der Waals surface area (Å²) in [5, 5.41) is 15.4. The summed E-state index contributed by atoms with van der Waals surface area (Å²) < 4.78 is 51.8. The van der Waals surface area contributed by atoms with E-state index >= 15 is 0 Å². The molecule has 1 atom stereocenters. The topological polar surface area (TPSA) is 84.4 Å². The van der Waals surface area contributed by atoms with Crippen molar-refractivity contribution < 1.29 is 19.5 Å². The molecule has 2 aromatic heterocycles. The molecular weight excluding hydrogens is 399 g/mol. The van der Waals surface area contributed by atoms with E-state index in [1.54, 1.807) is 6.07 Å². The number of rotatable bonds is 4. The van der Waals surface area contributed by atoms with E-state index in [0.29, 0.717) is 25.1 Å². The highest BCUT2D eigenvalue weighted by Gasteiger charge is 2.26. The van der Waals surface area contributed by atoms with Crippen molar-refractivity contribution in [2.75, 3.05) is 19.6 Å². The van der Waals surface area contributed by atoms with E-state index in [-0.39, 0.29) is 41.7 Å². The van der Waals surface area contributed by atoms with Crippen molar-refractivity contribution in [1.82, 2.24) is 19.6 Å². The van der Waals surface area contributed by atoms with Crippen LogP contribution in [0.5, 0.6) is 0 Å². The number of hydrogen-bond acceptors (Lipinski definition) is 6. The van der Waals surface area contributed by atoms with Gasteiger partial charge in [-0.2, -0.15) is 0 Å². The molecule has 1 aromatic carbocycles. The van der Waals surface area contributed by atoms with Gasteiger partial charge in [0.05, 0.1) is 7.06 Å². The number of likely N-dealkylation sites (tertiary alicyclic amines) is 1. The zero-order chi connectivity index (χ0) is 25.0. The van der Waals surface area contributed by atoms with E-state index in [9.17, 15) is 14.3 Å². The van der Waals surface area contributed by atoms with Gasteiger partial charge in [-0.05, 0) is 64.2 Å². The van der Waals surface area contributed by atoms with Gasteiger partial charge in [-0.25, -0.2) is 9.37 Å². The van der Waals surface area contributed by atoms with E-state index in [0.717, 1.165) is 37.0 Å². The smallest absolute Gasteiger partial charge is 0.257 e. The Morgan fingerprint density at radius 1 is 1.32 bits per heavy atom. The largest absolute Gasteiger partial charge is 0.385 e.